The van der Waals surface area contributed by atoms with Crippen LogP contribution in [0, 0.1) is 13.8 Å². The highest BCUT2D eigenvalue weighted by atomic mass is 35.5. The van der Waals surface area contributed by atoms with Crippen LogP contribution in [0.1, 0.15) is 22.3 Å². The van der Waals surface area contributed by atoms with Crippen LogP contribution in [0.3, 0.4) is 0 Å². The first-order valence-corrected chi connectivity index (χ1v) is 11.8. The Labute approximate surface area is 207 Å². The number of thiocarbonyl (C=S) groups is 1. The maximum atomic E-state index is 13.2. The first kappa shape index (κ1) is 22.9. The molecule has 1 aliphatic rings. The fourth-order valence-corrected chi connectivity index (χ4v) is 5.23. The molecule has 3 nitrogen and oxygen atoms in total. The van der Waals surface area contributed by atoms with Gasteiger partial charge in [-0.2, -0.15) is 0 Å². The van der Waals surface area contributed by atoms with Gasteiger partial charge < -0.3 is 4.74 Å². The van der Waals surface area contributed by atoms with Crippen LogP contribution in [-0.2, 0) is 11.4 Å². The third-order valence-electron chi connectivity index (χ3n) is 5.11. The fourth-order valence-electron chi connectivity index (χ4n) is 3.39. The van der Waals surface area contributed by atoms with Crippen molar-refractivity contribution in [1.29, 1.82) is 0 Å². The minimum absolute atomic E-state index is 0.185. The lowest BCUT2D eigenvalue weighted by Gasteiger charge is -2.17. The molecule has 4 rings (SSSR count). The molecule has 0 unspecified atom stereocenters. The Kier molecular flexibility index (Phi) is 6.91. The quantitative estimate of drug-likeness (QED) is 0.267. The number of rotatable bonds is 5. The summed E-state index contributed by atoms with van der Waals surface area (Å²) in [5, 5.41) is 0.839. The summed E-state index contributed by atoms with van der Waals surface area (Å²) in [6.45, 7) is 4.32. The van der Waals surface area contributed by atoms with Gasteiger partial charge in [-0.25, -0.2) is 0 Å². The van der Waals surface area contributed by atoms with Crippen molar-refractivity contribution < 1.29 is 9.53 Å². The predicted octanol–water partition coefficient (Wildman–Crippen LogP) is 7.60. The van der Waals surface area contributed by atoms with E-state index in [0.29, 0.717) is 37.2 Å². The van der Waals surface area contributed by atoms with E-state index in [0.717, 1.165) is 22.4 Å². The lowest BCUT2D eigenvalue weighted by Crippen LogP contribution is -2.28. The first-order valence-electron chi connectivity index (χ1n) is 9.85. The van der Waals surface area contributed by atoms with Crippen molar-refractivity contribution in [3.8, 4) is 5.75 Å². The van der Waals surface area contributed by atoms with E-state index in [1.807, 2.05) is 62.4 Å². The smallest absolute Gasteiger partial charge is 0.270 e. The van der Waals surface area contributed by atoms with Crippen molar-refractivity contribution in [3.63, 3.8) is 0 Å². The zero-order valence-corrected chi connectivity index (χ0v) is 20.5. The summed E-state index contributed by atoms with van der Waals surface area (Å²) in [4.78, 5) is 15.3. The first-order chi connectivity index (χ1) is 15.3. The van der Waals surface area contributed by atoms with E-state index in [1.54, 1.807) is 23.1 Å². The second-order valence-electron chi connectivity index (χ2n) is 7.32. The van der Waals surface area contributed by atoms with Crippen molar-refractivity contribution in [3.05, 3.63) is 97.9 Å². The summed E-state index contributed by atoms with van der Waals surface area (Å²) in [7, 11) is 0. The molecule has 162 valence electrons. The van der Waals surface area contributed by atoms with Gasteiger partial charge in [0.05, 0.1) is 15.6 Å². The summed E-state index contributed by atoms with van der Waals surface area (Å²) < 4.78 is 6.57. The SMILES string of the molecule is Cc1ccccc1COc1c(Cl)cc(Cl)cc1/C=C1\SC(=S)N(c2ccccc2C)C1=O. The summed E-state index contributed by atoms with van der Waals surface area (Å²) in [6.07, 6.45) is 1.74. The average molecular weight is 500 g/mol. The third kappa shape index (κ3) is 4.71. The number of carbonyl (C=O) groups excluding carboxylic acids is 1. The van der Waals surface area contributed by atoms with Crippen molar-refractivity contribution >= 4 is 69.2 Å². The maximum Gasteiger partial charge on any atom is 0.270 e. The Balaban J connectivity index is 1.68. The number of halogens is 2. The summed E-state index contributed by atoms with van der Waals surface area (Å²) in [5.41, 5.74) is 4.55. The Morgan fingerprint density at radius 1 is 1.03 bits per heavy atom. The molecule has 1 amide bonds. The van der Waals surface area contributed by atoms with Gasteiger partial charge in [-0.1, -0.05) is 89.6 Å². The number of hydrogen-bond acceptors (Lipinski definition) is 4. The molecule has 1 saturated heterocycles. The molecule has 0 spiro atoms. The van der Waals surface area contributed by atoms with Crippen LogP contribution in [0.15, 0.2) is 65.6 Å². The molecular formula is C25H19Cl2NO2S2. The number of nitrogens with zero attached hydrogens (tertiary/aromatic N) is 1. The molecule has 3 aromatic rings. The molecule has 1 heterocycles. The molecule has 32 heavy (non-hydrogen) atoms. The fraction of sp³-hybridized carbons (Fsp3) is 0.120. The van der Waals surface area contributed by atoms with Gasteiger partial charge in [0.25, 0.3) is 5.91 Å². The summed E-state index contributed by atoms with van der Waals surface area (Å²) in [5.74, 6) is 0.288. The van der Waals surface area contributed by atoms with Crippen LogP contribution in [0.2, 0.25) is 10.0 Å². The van der Waals surface area contributed by atoms with Gasteiger partial charge >= 0.3 is 0 Å². The zero-order chi connectivity index (χ0) is 22.8. The van der Waals surface area contributed by atoms with E-state index >= 15 is 0 Å². The molecule has 1 aliphatic heterocycles. The molecular weight excluding hydrogens is 481 g/mol. The predicted molar refractivity (Wildman–Crippen MR) is 139 cm³/mol. The largest absolute Gasteiger partial charge is 0.487 e. The van der Waals surface area contributed by atoms with Gasteiger partial charge in [-0.05, 0) is 54.8 Å². The maximum absolute atomic E-state index is 13.2. The van der Waals surface area contributed by atoms with E-state index in [4.69, 9.17) is 40.2 Å². The van der Waals surface area contributed by atoms with Crippen LogP contribution in [-0.4, -0.2) is 10.2 Å². The molecule has 0 radical (unpaired) electrons. The second kappa shape index (κ2) is 9.67. The standard InChI is InChI=1S/C25H19Cl2NO2S2/c1-15-7-3-5-9-17(15)14-30-23-18(11-19(26)13-20(23)27)12-22-24(29)28(25(31)32-22)21-10-6-4-8-16(21)2/h3-13H,14H2,1-2H3/b22-12-. The van der Waals surface area contributed by atoms with Crippen molar-refractivity contribution in [2.45, 2.75) is 20.5 Å². The highest BCUT2D eigenvalue weighted by Crippen LogP contribution is 2.40. The van der Waals surface area contributed by atoms with Gasteiger partial charge in [0.15, 0.2) is 4.32 Å². The van der Waals surface area contributed by atoms with Crippen LogP contribution < -0.4 is 9.64 Å². The van der Waals surface area contributed by atoms with E-state index in [1.165, 1.54) is 11.8 Å². The van der Waals surface area contributed by atoms with Crippen LogP contribution in [0.25, 0.3) is 6.08 Å². The number of carbonyl (C=O) groups is 1. The molecule has 1 fully saturated rings. The van der Waals surface area contributed by atoms with Gasteiger partial charge in [0.1, 0.15) is 12.4 Å². The van der Waals surface area contributed by atoms with Crippen LogP contribution >= 0.6 is 47.2 Å². The number of anilines is 1. The highest BCUT2D eigenvalue weighted by Gasteiger charge is 2.34. The minimum Gasteiger partial charge on any atom is -0.487 e. The Hall–Kier alpha value is -2.31. The summed E-state index contributed by atoms with van der Waals surface area (Å²) in [6, 6.07) is 19.0. The number of ether oxygens (including phenoxy) is 1. The van der Waals surface area contributed by atoms with E-state index in [2.05, 4.69) is 0 Å². The Bertz CT molecular complexity index is 1260. The van der Waals surface area contributed by atoms with Gasteiger partial charge in [-0.15, -0.1) is 0 Å². The van der Waals surface area contributed by atoms with E-state index < -0.39 is 0 Å². The van der Waals surface area contributed by atoms with E-state index in [-0.39, 0.29) is 5.91 Å². The zero-order valence-electron chi connectivity index (χ0n) is 17.4. The number of thioether (sulfide) groups is 1. The van der Waals surface area contributed by atoms with Crippen molar-refractivity contribution in [2.75, 3.05) is 4.90 Å². The molecule has 3 aromatic carbocycles. The van der Waals surface area contributed by atoms with Crippen molar-refractivity contribution in [1.82, 2.24) is 0 Å². The number of aryl methyl sites for hydroxylation is 2. The minimum atomic E-state index is -0.185. The summed E-state index contributed by atoms with van der Waals surface area (Å²) >= 11 is 19.5. The molecule has 0 atom stereocenters. The molecule has 0 N–H and O–H groups in total. The Morgan fingerprint density at radius 3 is 2.44 bits per heavy atom. The lowest BCUT2D eigenvalue weighted by molar-refractivity contribution is -0.113. The molecule has 0 saturated carbocycles. The number of benzene rings is 3. The normalized spacial score (nSPS) is 15.0. The highest BCUT2D eigenvalue weighted by molar-refractivity contribution is 8.27. The molecule has 0 bridgehead atoms. The van der Waals surface area contributed by atoms with Crippen LogP contribution in [0.5, 0.6) is 5.75 Å². The molecule has 7 heteroatoms. The molecule has 0 aliphatic carbocycles. The van der Waals surface area contributed by atoms with Gasteiger partial charge in [-0.3, -0.25) is 9.69 Å². The molecule has 0 aromatic heterocycles. The van der Waals surface area contributed by atoms with Crippen LogP contribution in [0.4, 0.5) is 5.69 Å². The monoisotopic (exact) mass is 499 g/mol. The van der Waals surface area contributed by atoms with Gasteiger partial charge in [0, 0.05) is 10.6 Å². The number of amides is 1. The number of para-hydroxylation sites is 1. The topological polar surface area (TPSA) is 29.5 Å². The average Bonchev–Trinajstić information content (AvgIpc) is 3.02. The number of hydrogen-bond donors (Lipinski definition) is 0. The van der Waals surface area contributed by atoms with Gasteiger partial charge in [0.2, 0.25) is 0 Å². The Morgan fingerprint density at radius 2 is 1.72 bits per heavy atom. The van der Waals surface area contributed by atoms with Crippen molar-refractivity contribution in [2.24, 2.45) is 0 Å². The van der Waals surface area contributed by atoms with E-state index in [9.17, 15) is 4.79 Å². The lowest BCUT2D eigenvalue weighted by atomic mass is 10.1. The second-order valence-corrected chi connectivity index (χ2v) is 9.84. The third-order valence-corrected chi connectivity index (χ3v) is 6.91.